The lowest BCUT2D eigenvalue weighted by molar-refractivity contribution is 0.0526. The molecule has 14 heavy (non-hydrogen) atoms. The SMILES string of the molecule is CCOC(=O)c1ccnc(CCO)c1. The van der Waals surface area contributed by atoms with E-state index in [-0.39, 0.29) is 12.6 Å². The van der Waals surface area contributed by atoms with E-state index in [9.17, 15) is 4.79 Å². The second-order valence-electron chi connectivity index (χ2n) is 2.73. The maximum atomic E-state index is 11.3. The first-order valence-electron chi connectivity index (χ1n) is 4.50. The smallest absolute Gasteiger partial charge is 0.338 e. The van der Waals surface area contributed by atoms with E-state index in [1.54, 1.807) is 19.1 Å². The third-order valence-electron chi connectivity index (χ3n) is 1.70. The number of pyridine rings is 1. The normalized spacial score (nSPS) is 9.86. The van der Waals surface area contributed by atoms with Gasteiger partial charge in [-0.15, -0.1) is 0 Å². The topological polar surface area (TPSA) is 59.4 Å². The summed E-state index contributed by atoms with van der Waals surface area (Å²) < 4.78 is 4.83. The highest BCUT2D eigenvalue weighted by atomic mass is 16.5. The maximum absolute atomic E-state index is 11.3. The van der Waals surface area contributed by atoms with Gasteiger partial charge in [-0.1, -0.05) is 0 Å². The fourth-order valence-corrected chi connectivity index (χ4v) is 1.07. The standard InChI is InChI=1S/C10H13NO3/c1-2-14-10(13)8-3-5-11-9(7-8)4-6-12/h3,5,7,12H,2,4,6H2,1H3. The van der Waals surface area contributed by atoms with Crippen LogP contribution in [0.3, 0.4) is 0 Å². The Morgan fingerprint density at radius 1 is 1.64 bits per heavy atom. The lowest BCUT2D eigenvalue weighted by atomic mass is 10.2. The van der Waals surface area contributed by atoms with E-state index in [0.29, 0.717) is 24.3 Å². The van der Waals surface area contributed by atoms with E-state index >= 15 is 0 Å². The van der Waals surface area contributed by atoms with Gasteiger partial charge >= 0.3 is 5.97 Å². The predicted molar refractivity (Wildman–Crippen MR) is 51.0 cm³/mol. The molecule has 0 saturated carbocycles. The van der Waals surface area contributed by atoms with Gasteiger partial charge in [-0.3, -0.25) is 4.98 Å². The van der Waals surface area contributed by atoms with Gasteiger partial charge in [0.15, 0.2) is 0 Å². The Hall–Kier alpha value is -1.42. The van der Waals surface area contributed by atoms with Gasteiger partial charge in [0, 0.05) is 24.9 Å². The maximum Gasteiger partial charge on any atom is 0.338 e. The average Bonchev–Trinajstić information content (AvgIpc) is 2.19. The largest absolute Gasteiger partial charge is 0.462 e. The van der Waals surface area contributed by atoms with Crippen molar-refractivity contribution in [2.24, 2.45) is 0 Å². The summed E-state index contributed by atoms with van der Waals surface area (Å²) in [6, 6.07) is 3.23. The first-order chi connectivity index (χ1) is 6.77. The lowest BCUT2D eigenvalue weighted by Gasteiger charge is -2.02. The molecule has 1 rings (SSSR count). The summed E-state index contributed by atoms with van der Waals surface area (Å²) in [5.74, 6) is -0.353. The number of nitrogens with zero attached hydrogens (tertiary/aromatic N) is 1. The number of carbonyl (C=O) groups excluding carboxylic acids is 1. The molecule has 76 valence electrons. The van der Waals surface area contributed by atoms with Crippen LogP contribution in [0.25, 0.3) is 0 Å². The summed E-state index contributed by atoms with van der Waals surface area (Å²) in [5, 5.41) is 8.70. The van der Waals surface area contributed by atoms with Gasteiger partial charge in [-0.2, -0.15) is 0 Å². The van der Waals surface area contributed by atoms with E-state index < -0.39 is 0 Å². The molecule has 0 bridgehead atoms. The van der Waals surface area contributed by atoms with Crippen LogP contribution in [0.2, 0.25) is 0 Å². The molecule has 1 heterocycles. The molecule has 1 aromatic heterocycles. The number of aromatic nitrogens is 1. The van der Waals surface area contributed by atoms with Crippen molar-refractivity contribution < 1.29 is 14.6 Å². The zero-order chi connectivity index (χ0) is 10.4. The molecular weight excluding hydrogens is 182 g/mol. The molecule has 0 saturated heterocycles. The number of hydrogen-bond donors (Lipinski definition) is 1. The summed E-state index contributed by atoms with van der Waals surface area (Å²) in [7, 11) is 0. The van der Waals surface area contributed by atoms with E-state index in [0.717, 1.165) is 0 Å². The van der Waals surface area contributed by atoms with Crippen molar-refractivity contribution in [2.75, 3.05) is 13.2 Å². The van der Waals surface area contributed by atoms with Gasteiger partial charge in [0.1, 0.15) is 0 Å². The van der Waals surface area contributed by atoms with Crippen molar-refractivity contribution in [2.45, 2.75) is 13.3 Å². The third-order valence-corrected chi connectivity index (χ3v) is 1.70. The van der Waals surface area contributed by atoms with Gasteiger partial charge in [-0.05, 0) is 19.1 Å². The van der Waals surface area contributed by atoms with Crippen molar-refractivity contribution in [1.82, 2.24) is 4.98 Å². The van der Waals surface area contributed by atoms with Crippen LogP contribution in [-0.2, 0) is 11.2 Å². The molecule has 4 nitrogen and oxygen atoms in total. The van der Waals surface area contributed by atoms with Crippen LogP contribution < -0.4 is 0 Å². The van der Waals surface area contributed by atoms with Crippen LogP contribution in [-0.4, -0.2) is 29.3 Å². The Balaban J connectivity index is 2.77. The lowest BCUT2D eigenvalue weighted by Crippen LogP contribution is -2.06. The number of carbonyl (C=O) groups is 1. The monoisotopic (exact) mass is 195 g/mol. The predicted octanol–water partition coefficient (Wildman–Crippen LogP) is 0.793. The van der Waals surface area contributed by atoms with Crippen LogP contribution in [0.4, 0.5) is 0 Å². The van der Waals surface area contributed by atoms with Crippen LogP contribution >= 0.6 is 0 Å². The van der Waals surface area contributed by atoms with E-state index in [4.69, 9.17) is 9.84 Å². The molecule has 0 aliphatic carbocycles. The second kappa shape index (κ2) is 5.34. The Morgan fingerprint density at radius 3 is 3.07 bits per heavy atom. The summed E-state index contributed by atoms with van der Waals surface area (Å²) in [5.41, 5.74) is 1.17. The average molecular weight is 195 g/mol. The molecule has 0 radical (unpaired) electrons. The Morgan fingerprint density at radius 2 is 2.43 bits per heavy atom. The van der Waals surface area contributed by atoms with Gasteiger partial charge < -0.3 is 9.84 Å². The summed E-state index contributed by atoms with van der Waals surface area (Å²) in [6.45, 7) is 2.14. The minimum absolute atomic E-state index is 0.0271. The quantitative estimate of drug-likeness (QED) is 0.722. The molecule has 1 aromatic rings. The molecule has 0 aromatic carbocycles. The molecule has 4 heteroatoms. The van der Waals surface area contributed by atoms with Crippen LogP contribution in [0, 0.1) is 0 Å². The van der Waals surface area contributed by atoms with Crippen molar-refractivity contribution >= 4 is 5.97 Å². The minimum atomic E-state index is -0.353. The second-order valence-corrected chi connectivity index (χ2v) is 2.73. The van der Waals surface area contributed by atoms with Crippen LogP contribution in [0.5, 0.6) is 0 Å². The zero-order valence-corrected chi connectivity index (χ0v) is 8.06. The Bertz CT molecular complexity index is 312. The highest BCUT2D eigenvalue weighted by Crippen LogP contribution is 2.04. The summed E-state index contributed by atoms with van der Waals surface area (Å²) in [6.07, 6.45) is 1.99. The van der Waals surface area contributed by atoms with Crippen LogP contribution in [0.15, 0.2) is 18.3 Å². The molecule has 0 fully saturated rings. The van der Waals surface area contributed by atoms with Crippen LogP contribution in [0.1, 0.15) is 23.0 Å². The number of ether oxygens (including phenoxy) is 1. The number of aliphatic hydroxyl groups excluding tert-OH is 1. The molecule has 0 spiro atoms. The van der Waals surface area contributed by atoms with Gasteiger partial charge in [0.05, 0.1) is 12.2 Å². The van der Waals surface area contributed by atoms with Crippen molar-refractivity contribution in [3.05, 3.63) is 29.6 Å². The number of rotatable bonds is 4. The first-order valence-corrected chi connectivity index (χ1v) is 4.50. The van der Waals surface area contributed by atoms with Crippen molar-refractivity contribution in [1.29, 1.82) is 0 Å². The number of esters is 1. The van der Waals surface area contributed by atoms with E-state index in [1.807, 2.05) is 0 Å². The number of hydrogen-bond acceptors (Lipinski definition) is 4. The van der Waals surface area contributed by atoms with E-state index in [2.05, 4.69) is 4.98 Å². The van der Waals surface area contributed by atoms with Gasteiger partial charge in [-0.25, -0.2) is 4.79 Å². The summed E-state index contributed by atoms with van der Waals surface area (Å²) in [4.78, 5) is 15.3. The molecule has 1 N–H and O–H groups in total. The highest BCUT2D eigenvalue weighted by Gasteiger charge is 2.06. The Labute approximate surface area is 82.5 Å². The number of aliphatic hydroxyl groups is 1. The molecule has 0 atom stereocenters. The fourth-order valence-electron chi connectivity index (χ4n) is 1.07. The van der Waals surface area contributed by atoms with Gasteiger partial charge in [0.2, 0.25) is 0 Å². The molecular formula is C10H13NO3. The van der Waals surface area contributed by atoms with Crippen molar-refractivity contribution in [3.63, 3.8) is 0 Å². The molecule has 0 aliphatic heterocycles. The molecule has 0 aliphatic rings. The minimum Gasteiger partial charge on any atom is -0.462 e. The van der Waals surface area contributed by atoms with Gasteiger partial charge in [0.25, 0.3) is 0 Å². The fraction of sp³-hybridized carbons (Fsp3) is 0.400. The molecule has 0 amide bonds. The zero-order valence-electron chi connectivity index (χ0n) is 8.06. The summed E-state index contributed by atoms with van der Waals surface area (Å²) >= 11 is 0. The Kier molecular flexibility index (Phi) is 4.07. The van der Waals surface area contributed by atoms with Crippen molar-refractivity contribution in [3.8, 4) is 0 Å². The first kappa shape index (κ1) is 10.7. The highest BCUT2D eigenvalue weighted by molar-refractivity contribution is 5.89. The van der Waals surface area contributed by atoms with E-state index in [1.165, 1.54) is 6.20 Å². The third kappa shape index (κ3) is 2.81. The molecule has 0 unspecified atom stereocenters.